The highest BCUT2D eigenvalue weighted by atomic mass is 16.4. The van der Waals surface area contributed by atoms with Gasteiger partial charge < -0.3 is 10.0 Å². The average Bonchev–Trinajstić information content (AvgIpc) is 2.34. The molecule has 0 saturated heterocycles. The molecule has 0 saturated carbocycles. The molecule has 0 aromatic carbocycles. The molecule has 1 unspecified atom stereocenters. The van der Waals surface area contributed by atoms with Gasteiger partial charge in [0.2, 0.25) is 0 Å². The predicted octanol–water partition coefficient (Wildman–Crippen LogP) is 2.96. The number of aryl methyl sites for hydroxylation is 1. The van der Waals surface area contributed by atoms with E-state index in [1.807, 2.05) is 18.7 Å². The van der Waals surface area contributed by atoms with Crippen molar-refractivity contribution < 1.29 is 9.90 Å². The number of aromatic nitrogens is 1. The Kier molecular flexibility index (Phi) is 5.13. The number of carboxylic acids is 1. The van der Waals surface area contributed by atoms with Crippen LogP contribution >= 0.6 is 0 Å². The number of aromatic carboxylic acids is 1. The molecule has 4 nitrogen and oxygen atoms in total. The number of carbonyl (C=O) groups is 1. The van der Waals surface area contributed by atoms with Crippen LogP contribution in [0.25, 0.3) is 0 Å². The molecule has 1 aromatic rings. The average molecular weight is 250 g/mol. The third-order valence-electron chi connectivity index (χ3n) is 3.26. The third-order valence-corrected chi connectivity index (χ3v) is 3.26. The van der Waals surface area contributed by atoms with Gasteiger partial charge in [-0.1, -0.05) is 20.3 Å². The van der Waals surface area contributed by atoms with Crippen molar-refractivity contribution >= 4 is 11.8 Å². The van der Waals surface area contributed by atoms with Crippen molar-refractivity contribution in [1.82, 2.24) is 4.98 Å². The Bertz CT molecular complexity index is 418. The van der Waals surface area contributed by atoms with Crippen molar-refractivity contribution in [2.75, 3.05) is 18.0 Å². The highest BCUT2D eigenvalue weighted by Crippen LogP contribution is 2.22. The number of hydrogen-bond donors (Lipinski definition) is 1. The second-order valence-corrected chi connectivity index (χ2v) is 4.68. The maximum absolute atomic E-state index is 11.4. The molecule has 1 atom stereocenters. The molecule has 0 amide bonds. The van der Waals surface area contributed by atoms with Crippen LogP contribution in [-0.4, -0.2) is 29.1 Å². The Labute approximate surface area is 109 Å². The first-order chi connectivity index (χ1) is 8.51. The second-order valence-electron chi connectivity index (χ2n) is 4.68. The van der Waals surface area contributed by atoms with Crippen molar-refractivity contribution in [3.05, 3.63) is 23.4 Å². The Balaban J connectivity index is 3.13. The lowest BCUT2D eigenvalue weighted by atomic mass is 10.1. The summed E-state index contributed by atoms with van der Waals surface area (Å²) >= 11 is 0. The fourth-order valence-electron chi connectivity index (χ4n) is 1.92. The van der Waals surface area contributed by atoms with E-state index >= 15 is 0 Å². The fraction of sp³-hybridized carbons (Fsp3) is 0.571. The van der Waals surface area contributed by atoms with Crippen LogP contribution in [0.3, 0.4) is 0 Å². The van der Waals surface area contributed by atoms with Crippen LogP contribution in [0.15, 0.2) is 12.3 Å². The molecule has 1 N–H and O–H groups in total. The van der Waals surface area contributed by atoms with E-state index in [1.54, 1.807) is 12.3 Å². The normalized spacial score (nSPS) is 12.2. The minimum atomic E-state index is -0.904. The van der Waals surface area contributed by atoms with E-state index in [9.17, 15) is 9.90 Å². The minimum Gasteiger partial charge on any atom is -0.478 e. The largest absolute Gasteiger partial charge is 0.478 e. The Morgan fingerprint density at radius 3 is 2.67 bits per heavy atom. The first-order valence-electron chi connectivity index (χ1n) is 6.45. The Morgan fingerprint density at radius 1 is 1.50 bits per heavy atom. The molecular weight excluding hydrogens is 228 g/mol. The van der Waals surface area contributed by atoms with Gasteiger partial charge in [0.05, 0.1) is 0 Å². The molecule has 1 aromatic heterocycles. The Morgan fingerprint density at radius 2 is 2.17 bits per heavy atom. The smallest absolute Gasteiger partial charge is 0.339 e. The van der Waals surface area contributed by atoms with Crippen molar-refractivity contribution in [3.63, 3.8) is 0 Å². The molecule has 18 heavy (non-hydrogen) atoms. The molecule has 1 heterocycles. The fourth-order valence-corrected chi connectivity index (χ4v) is 1.92. The quantitative estimate of drug-likeness (QED) is 0.843. The van der Waals surface area contributed by atoms with Crippen molar-refractivity contribution in [3.8, 4) is 0 Å². The summed E-state index contributed by atoms with van der Waals surface area (Å²) in [5.74, 6) is 0.206. The SMILES string of the molecule is CCC(C)CN(CC)c1nccc(C)c1C(=O)O. The van der Waals surface area contributed by atoms with Gasteiger partial charge in [0.1, 0.15) is 11.4 Å². The summed E-state index contributed by atoms with van der Waals surface area (Å²) in [6, 6.07) is 1.74. The van der Waals surface area contributed by atoms with Crippen LogP contribution in [-0.2, 0) is 0 Å². The molecule has 0 radical (unpaired) electrons. The zero-order valence-corrected chi connectivity index (χ0v) is 11.6. The van der Waals surface area contributed by atoms with Gasteiger partial charge in [-0.05, 0) is 31.4 Å². The van der Waals surface area contributed by atoms with Gasteiger partial charge in [0, 0.05) is 19.3 Å². The van der Waals surface area contributed by atoms with Gasteiger partial charge in [-0.15, -0.1) is 0 Å². The zero-order chi connectivity index (χ0) is 13.7. The van der Waals surface area contributed by atoms with Crippen LogP contribution in [0.1, 0.15) is 43.1 Å². The maximum atomic E-state index is 11.4. The molecule has 0 aliphatic carbocycles. The number of carboxylic acid groups (broad SMARTS) is 1. The highest BCUT2D eigenvalue weighted by molar-refractivity contribution is 5.94. The van der Waals surface area contributed by atoms with Crippen LogP contribution in [0.4, 0.5) is 5.82 Å². The molecule has 0 spiro atoms. The summed E-state index contributed by atoms with van der Waals surface area (Å²) in [7, 11) is 0. The van der Waals surface area contributed by atoms with E-state index in [-0.39, 0.29) is 0 Å². The summed E-state index contributed by atoms with van der Waals surface area (Å²) in [5, 5.41) is 9.32. The molecule has 100 valence electrons. The molecular formula is C14H22N2O2. The standard InChI is InChI=1S/C14H22N2O2/c1-5-10(3)9-16(6-2)13-12(14(17)18)11(4)7-8-15-13/h7-8,10H,5-6,9H2,1-4H3,(H,17,18). The van der Waals surface area contributed by atoms with E-state index in [0.29, 0.717) is 17.3 Å². The van der Waals surface area contributed by atoms with Gasteiger partial charge in [0.15, 0.2) is 0 Å². The van der Waals surface area contributed by atoms with Crippen LogP contribution in [0.5, 0.6) is 0 Å². The van der Waals surface area contributed by atoms with Crippen molar-refractivity contribution in [1.29, 1.82) is 0 Å². The number of hydrogen-bond acceptors (Lipinski definition) is 3. The summed E-state index contributed by atoms with van der Waals surface area (Å²) in [6.07, 6.45) is 2.75. The third kappa shape index (κ3) is 3.22. The summed E-state index contributed by atoms with van der Waals surface area (Å²) in [6.45, 7) is 9.74. The van der Waals surface area contributed by atoms with E-state index < -0.39 is 5.97 Å². The van der Waals surface area contributed by atoms with Crippen molar-refractivity contribution in [2.24, 2.45) is 5.92 Å². The number of pyridine rings is 1. The monoisotopic (exact) mass is 250 g/mol. The molecule has 1 rings (SSSR count). The summed E-state index contributed by atoms with van der Waals surface area (Å²) < 4.78 is 0. The van der Waals surface area contributed by atoms with Crippen molar-refractivity contribution in [2.45, 2.75) is 34.1 Å². The molecule has 0 fully saturated rings. The Hall–Kier alpha value is -1.58. The number of nitrogens with zero attached hydrogens (tertiary/aromatic N) is 2. The van der Waals surface area contributed by atoms with E-state index in [4.69, 9.17) is 0 Å². The van der Waals surface area contributed by atoms with Gasteiger partial charge in [-0.2, -0.15) is 0 Å². The van der Waals surface area contributed by atoms with Crippen LogP contribution < -0.4 is 4.90 Å². The van der Waals surface area contributed by atoms with Crippen LogP contribution in [0, 0.1) is 12.8 Å². The van der Waals surface area contributed by atoms with E-state index in [1.165, 1.54) is 0 Å². The maximum Gasteiger partial charge on any atom is 0.339 e. The summed E-state index contributed by atoms with van der Waals surface area (Å²) in [5.41, 5.74) is 1.08. The van der Waals surface area contributed by atoms with Gasteiger partial charge in [0.25, 0.3) is 0 Å². The van der Waals surface area contributed by atoms with Gasteiger partial charge in [-0.25, -0.2) is 9.78 Å². The highest BCUT2D eigenvalue weighted by Gasteiger charge is 2.19. The second kappa shape index (κ2) is 6.38. The molecule has 0 aliphatic heterocycles. The first kappa shape index (κ1) is 14.5. The summed E-state index contributed by atoms with van der Waals surface area (Å²) in [4.78, 5) is 17.7. The molecule has 4 heteroatoms. The number of rotatable bonds is 6. The van der Waals surface area contributed by atoms with Gasteiger partial charge in [-0.3, -0.25) is 0 Å². The lowest BCUT2D eigenvalue weighted by Gasteiger charge is -2.26. The van der Waals surface area contributed by atoms with Crippen LogP contribution in [0.2, 0.25) is 0 Å². The minimum absolute atomic E-state index is 0.322. The predicted molar refractivity (Wildman–Crippen MR) is 73.3 cm³/mol. The molecule has 0 bridgehead atoms. The lowest BCUT2D eigenvalue weighted by molar-refractivity contribution is 0.0696. The lowest BCUT2D eigenvalue weighted by Crippen LogP contribution is -2.30. The zero-order valence-electron chi connectivity index (χ0n) is 11.6. The number of anilines is 1. The van der Waals surface area contributed by atoms with E-state index in [2.05, 4.69) is 18.8 Å². The van der Waals surface area contributed by atoms with Gasteiger partial charge >= 0.3 is 5.97 Å². The molecule has 0 aliphatic rings. The first-order valence-corrected chi connectivity index (χ1v) is 6.45. The topological polar surface area (TPSA) is 53.4 Å². The van der Waals surface area contributed by atoms with E-state index in [0.717, 1.165) is 25.1 Å².